The molecule has 20 heavy (non-hydrogen) atoms. The molecule has 2 rings (SSSR count). The van der Waals surface area contributed by atoms with Gasteiger partial charge in [-0.25, -0.2) is 4.79 Å². The van der Waals surface area contributed by atoms with Crippen LogP contribution in [0.5, 0.6) is 0 Å². The Labute approximate surface area is 119 Å². The molecular formula is C16H20N2O2. The Hall–Kier alpha value is -2.02. The lowest BCUT2D eigenvalue weighted by atomic mass is 9.89. The van der Waals surface area contributed by atoms with Crippen LogP contribution >= 0.6 is 0 Å². The summed E-state index contributed by atoms with van der Waals surface area (Å²) in [6, 6.07) is 10.6. The predicted molar refractivity (Wildman–Crippen MR) is 76.4 cm³/mol. The van der Waals surface area contributed by atoms with Gasteiger partial charge in [-0.2, -0.15) is 5.26 Å². The van der Waals surface area contributed by atoms with Gasteiger partial charge in [-0.1, -0.05) is 38.1 Å². The standard InChI is InChI=1S/C16H20N2O2/c1-11(2)13-5-3-4-12(6-13)7-14-9-18(16(19)20)10-15(14)8-17/h3-6,11,14-15H,7,9-10H2,1-2H3,(H,19,20)/t14-,15-/m0/s1. The SMILES string of the molecule is CC(C)c1cccc(C[C@H]2CN(C(=O)O)C[C@@H]2C#N)c1. The molecule has 4 heteroatoms. The van der Waals surface area contributed by atoms with Gasteiger partial charge in [0.25, 0.3) is 0 Å². The zero-order valence-electron chi connectivity index (χ0n) is 11.9. The van der Waals surface area contributed by atoms with Crippen LogP contribution in [-0.2, 0) is 6.42 Å². The first-order valence-electron chi connectivity index (χ1n) is 6.97. The highest BCUT2D eigenvalue weighted by molar-refractivity contribution is 5.65. The van der Waals surface area contributed by atoms with E-state index in [0.717, 1.165) is 6.42 Å². The maximum Gasteiger partial charge on any atom is 0.407 e. The molecule has 1 aromatic carbocycles. The van der Waals surface area contributed by atoms with Crippen molar-refractivity contribution >= 4 is 6.09 Å². The fourth-order valence-corrected chi connectivity index (χ4v) is 2.76. The smallest absolute Gasteiger partial charge is 0.407 e. The summed E-state index contributed by atoms with van der Waals surface area (Å²) < 4.78 is 0. The molecule has 0 radical (unpaired) electrons. The number of carboxylic acid groups (broad SMARTS) is 1. The molecule has 0 aromatic heterocycles. The highest BCUT2D eigenvalue weighted by Crippen LogP contribution is 2.27. The summed E-state index contributed by atoms with van der Waals surface area (Å²) in [4.78, 5) is 12.4. The third-order valence-electron chi connectivity index (χ3n) is 3.99. The predicted octanol–water partition coefficient (Wildman–Crippen LogP) is 3.10. The van der Waals surface area contributed by atoms with E-state index in [1.54, 1.807) is 0 Å². The lowest BCUT2D eigenvalue weighted by molar-refractivity contribution is 0.153. The molecule has 0 spiro atoms. The first-order valence-corrected chi connectivity index (χ1v) is 6.97. The van der Waals surface area contributed by atoms with Crippen LogP contribution in [0.15, 0.2) is 24.3 Å². The lowest BCUT2D eigenvalue weighted by Gasteiger charge is -2.14. The monoisotopic (exact) mass is 272 g/mol. The molecule has 0 aliphatic carbocycles. The minimum absolute atomic E-state index is 0.0958. The van der Waals surface area contributed by atoms with Crippen molar-refractivity contribution in [3.63, 3.8) is 0 Å². The number of nitrogens with zero attached hydrogens (tertiary/aromatic N) is 2. The largest absolute Gasteiger partial charge is 0.465 e. The molecule has 0 bridgehead atoms. The maximum absolute atomic E-state index is 11.0. The van der Waals surface area contributed by atoms with Crippen LogP contribution in [-0.4, -0.2) is 29.2 Å². The molecule has 2 atom stereocenters. The number of hydrogen-bond acceptors (Lipinski definition) is 2. The van der Waals surface area contributed by atoms with Crippen molar-refractivity contribution in [1.82, 2.24) is 4.90 Å². The van der Waals surface area contributed by atoms with Gasteiger partial charge in [0.15, 0.2) is 0 Å². The Morgan fingerprint density at radius 3 is 2.85 bits per heavy atom. The van der Waals surface area contributed by atoms with Gasteiger partial charge in [-0.05, 0) is 29.4 Å². The van der Waals surface area contributed by atoms with Crippen LogP contribution in [0, 0.1) is 23.2 Å². The second kappa shape index (κ2) is 5.96. The van der Waals surface area contributed by atoms with Crippen LogP contribution in [0.4, 0.5) is 4.79 Å². The molecule has 1 heterocycles. The lowest BCUT2D eigenvalue weighted by Crippen LogP contribution is -2.27. The number of rotatable bonds is 3. The van der Waals surface area contributed by atoms with Crippen molar-refractivity contribution in [2.24, 2.45) is 11.8 Å². The normalized spacial score (nSPS) is 22.0. The average molecular weight is 272 g/mol. The topological polar surface area (TPSA) is 64.3 Å². The quantitative estimate of drug-likeness (QED) is 0.919. The Balaban J connectivity index is 2.11. The molecule has 1 amide bonds. The van der Waals surface area contributed by atoms with Crippen molar-refractivity contribution < 1.29 is 9.90 Å². The molecule has 0 unspecified atom stereocenters. The van der Waals surface area contributed by atoms with E-state index in [0.29, 0.717) is 19.0 Å². The van der Waals surface area contributed by atoms with E-state index in [-0.39, 0.29) is 11.8 Å². The van der Waals surface area contributed by atoms with E-state index >= 15 is 0 Å². The van der Waals surface area contributed by atoms with Crippen molar-refractivity contribution in [1.29, 1.82) is 5.26 Å². The molecule has 1 saturated heterocycles. The minimum Gasteiger partial charge on any atom is -0.465 e. The second-order valence-corrected chi connectivity index (χ2v) is 5.79. The summed E-state index contributed by atoms with van der Waals surface area (Å²) in [5.41, 5.74) is 2.47. The van der Waals surface area contributed by atoms with Crippen LogP contribution in [0.3, 0.4) is 0 Å². The third-order valence-corrected chi connectivity index (χ3v) is 3.99. The molecule has 1 aliphatic heterocycles. The van der Waals surface area contributed by atoms with Crippen molar-refractivity contribution in [3.05, 3.63) is 35.4 Å². The summed E-state index contributed by atoms with van der Waals surface area (Å²) >= 11 is 0. The fourth-order valence-electron chi connectivity index (χ4n) is 2.76. The second-order valence-electron chi connectivity index (χ2n) is 5.79. The summed E-state index contributed by atoms with van der Waals surface area (Å²) in [7, 11) is 0. The summed E-state index contributed by atoms with van der Waals surface area (Å²) in [6.45, 7) is 5.09. The third kappa shape index (κ3) is 3.11. The Kier molecular flexibility index (Phi) is 4.29. The van der Waals surface area contributed by atoms with Crippen molar-refractivity contribution in [2.75, 3.05) is 13.1 Å². The molecule has 0 saturated carbocycles. The van der Waals surface area contributed by atoms with Gasteiger partial charge in [-0.3, -0.25) is 0 Å². The van der Waals surface area contributed by atoms with Crippen LogP contribution in [0.2, 0.25) is 0 Å². The molecule has 1 fully saturated rings. The number of carbonyl (C=O) groups is 1. The fraction of sp³-hybridized carbons (Fsp3) is 0.500. The number of benzene rings is 1. The van der Waals surface area contributed by atoms with Gasteiger partial charge >= 0.3 is 6.09 Å². The minimum atomic E-state index is -0.927. The van der Waals surface area contributed by atoms with E-state index in [1.165, 1.54) is 16.0 Å². The van der Waals surface area contributed by atoms with Crippen LogP contribution in [0.25, 0.3) is 0 Å². The van der Waals surface area contributed by atoms with E-state index < -0.39 is 6.09 Å². The summed E-state index contributed by atoms with van der Waals surface area (Å²) in [5, 5.41) is 18.2. The Morgan fingerprint density at radius 1 is 1.50 bits per heavy atom. The molecule has 1 aliphatic rings. The van der Waals surface area contributed by atoms with E-state index in [4.69, 9.17) is 5.11 Å². The zero-order chi connectivity index (χ0) is 14.7. The molecule has 106 valence electrons. The van der Waals surface area contributed by atoms with Gasteiger partial charge in [0.1, 0.15) is 0 Å². The molecule has 4 nitrogen and oxygen atoms in total. The highest BCUT2D eigenvalue weighted by Gasteiger charge is 2.35. The number of hydrogen-bond donors (Lipinski definition) is 1. The summed E-state index contributed by atoms with van der Waals surface area (Å²) in [6.07, 6.45) is -0.161. The summed E-state index contributed by atoms with van der Waals surface area (Å²) in [5.74, 6) is 0.369. The highest BCUT2D eigenvalue weighted by atomic mass is 16.4. The molecule has 1 aromatic rings. The number of likely N-dealkylation sites (tertiary alicyclic amines) is 1. The molecular weight excluding hydrogens is 252 g/mol. The van der Waals surface area contributed by atoms with Gasteiger partial charge in [0.2, 0.25) is 0 Å². The van der Waals surface area contributed by atoms with E-state index in [1.807, 2.05) is 6.07 Å². The number of nitriles is 1. The molecule has 1 N–H and O–H groups in total. The van der Waals surface area contributed by atoms with Gasteiger partial charge in [0, 0.05) is 13.1 Å². The van der Waals surface area contributed by atoms with Gasteiger partial charge < -0.3 is 10.0 Å². The first-order chi connectivity index (χ1) is 9.51. The Morgan fingerprint density at radius 2 is 2.25 bits per heavy atom. The van der Waals surface area contributed by atoms with E-state index in [2.05, 4.69) is 38.1 Å². The van der Waals surface area contributed by atoms with Crippen LogP contribution in [0.1, 0.15) is 30.9 Å². The number of amides is 1. The van der Waals surface area contributed by atoms with Crippen molar-refractivity contribution in [3.8, 4) is 6.07 Å². The van der Waals surface area contributed by atoms with Crippen molar-refractivity contribution in [2.45, 2.75) is 26.2 Å². The first kappa shape index (κ1) is 14.4. The Bertz CT molecular complexity index is 534. The van der Waals surface area contributed by atoms with Gasteiger partial charge in [-0.15, -0.1) is 0 Å². The zero-order valence-corrected chi connectivity index (χ0v) is 11.9. The van der Waals surface area contributed by atoms with Gasteiger partial charge in [0.05, 0.1) is 12.0 Å². The maximum atomic E-state index is 11.0. The average Bonchev–Trinajstić information content (AvgIpc) is 2.82. The van der Waals surface area contributed by atoms with E-state index in [9.17, 15) is 10.1 Å². The van der Waals surface area contributed by atoms with Crippen LogP contribution < -0.4 is 0 Å².